The number of hydrogen-bond acceptors (Lipinski definition) is 2. The van der Waals surface area contributed by atoms with Gasteiger partial charge in [-0.15, -0.1) is 0 Å². The summed E-state index contributed by atoms with van der Waals surface area (Å²) in [7, 11) is 0. The molecule has 0 spiro atoms. The van der Waals surface area contributed by atoms with Gasteiger partial charge in [0.15, 0.2) is 0 Å². The molecule has 0 heterocycles. The number of carboxylic acids is 1. The van der Waals surface area contributed by atoms with E-state index in [-0.39, 0.29) is 0 Å². The van der Waals surface area contributed by atoms with Crippen molar-refractivity contribution in [3.8, 4) is 0 Å². The highest BCUT2D eigenvalue weighted by molar-refractivity contribution is 9.10. The number of rotatable bonds is 3. The minimum atomic E-state index is -0.902. The molecule has 16 heavy (non-hydrogen) atoms. The van der Waals surface area contributed by atoms with Crippen molar-refractivity contribution >= 4 is 27.6 Å². The van der Waals surface area contributed by atoms with Crippen molar-refractivity contribution in [3.63, 3.8) is 0 Å². The Morgan fingerprint density at radius 2 is 2.06 bits per heavy atom. The highest BCUT2D eigenvalue weighted by Gasteiger charge is 2.15. The van der Waals surface area contributed by atoms with Gasteiger partial charge in [0, 0.05) is 10.5 Å². The maximum Gasteiger partial charge on any atom is 0.337 e. The first-order chi connectivity index (χ1) is 7.66. The van der Waals surface area contributed by atoms with Crippen molar-refractivity contribution < 1.29 is 9.90 Å². The third-order valence-electron chi connectivity index (χ3n) is 2.58. The fourth-order valence-electron chi connectivity index (χ4n) is 1.78. The summed E-state index contributed by atoms with van der Waals surface area (Å²) in [6.07, 6.45) is 6.11. The fourth-order valence-corrected chi connectivity index (χ4v) is 2.14. The van der Waals surface area contributed by atoms with Gasteiger partial charge in [-0.25, -0.2) is 4.79 Å². The molecule has 0 atom stereocenters. The summed E-state index contributed by atoms with van der Waals surface area (Å²) >= 11 is 3.35. The van der Waals surface area contributed by atoms with Crippen LogP contribution in [0.1, 0.15) is 23.2 Å². The van der Waals surface area contributed by atoms with Crippen LogP contribution in [-0.2, 0) is 0 Å². The van der Waals surface area contributed by atoms with Gasteiger partial charge >= 0.3 is 5.97 Å². The summed E-state index contributed by atoms with van der Waals surface area (Å²) in [5.74, 6) is -0.902. The number of anilines is 1. The summed E-state index contributed by atoms with van der Waals surface area (Å²) in [5.41, 5.74) is 0.991. The number of hydrogen-bond donors (Lipinski definition) is 2. The Morgan fingerprint density at radius 1 is 1.38 bits per heavy atom. The Kier molecular flexibility index (Phi) is 3.29. The molecule has 0 fully saturated rings. The smallest absolute Gasteiger partial charge is 0.337 e. The van der Waals surface area contributed by atoms with E-state index in [9.17, 15) is 4.79 Å². The molecule has 1 aliphatic carbocycles. The molecule has 3 nitrogen and oxygen atoms in total. The van der Waals surface area contributed by atoms with Gasteiger partial charge in [0.05, 0.1) is 11.3 Å². The first-order valence-electron chi connectivity index (χ1n) is 5.11. The number of halogens is 1. The van der Waals surface area contributed by atoms with Crippen LogP contribution in [0.5, 0.6) is 0 Å². The molecule has 0 radical (unpaired) electrons. The molecule has 4 heteroatoms. The molecule has 0 aromatic heterocycles. The van der Waals surface area contributed by atoms with E-state index in [4.69, 9.17) is 5.11 Å². The Hall–Kier alpha value is -1.29. The van der Waals surface area contributed by atoms with Crippen LogP contribution in [0.15, 0.2) is 34.8 Å². The second-order valence-corrected chi connectivity index (χ2v) is 4.69. The van der Waals surface area contributed by atoms with E-state index in [1.54, 1.807) is 12.1 Å². The Morgan fingerprint density at radius 3 is 2.69 bits per heavy atom. The third-order valence-corrected chi connectivity index (χ3v) is 3.07. The van der Waals surface area contributed by atoms with Crippen LogP contribution in [0.3, 0.4) is 0 Å². The predicted octanol–water partition coefficient (Wildman–Crippen LogP) is 3.28. The second-order valence-electron chi connectivity index (χ2n) is 3.78. The summed E-state index contributed by atoms with van der Waals surface area (Å²) in [5, 5.41) is 12.3. The predicted molar refractivity (Wildman–Crippen MR) is 66.9 cm³/mol. The van der Waals surface area contributed by atoms with E-state index < -0.39 is 5.97 Å². The van der Waals surface area contributed by atoms with E-state index in [1.807, 2.05) is 6.07 Å². The Balaban J connectivity index is 2.23. The molecule has 1 aliphatic rings. The molecule has 0 bridgehead atoms. The maximum atomic E-state index is 11.0. The Bertz CT molecular complexity index is 435. The van der Waals surface area contributed by atoms with Gasteiger partial charge in [-0.1, -0.05) is 28.1 Å². The zero-order valence-corrected chi connectivity index (χ0v) is 10.2. The van der Waals surface area contributed by atoms with Gasteiger partial charge in [-0.3, -0.25) is 0 Å². The van der Waals surface area contributed by atoms with Crippen LogP contribution in [0.4, 0.5) is 5.69 Å². The standard InChI is InChI=1S/C12H12BrNO2/c13-8-5-6-10(12(15)16)11(7-8)14-9-3-1-2-4-9/h1-2,5-7,9,14H,3-4H2,(H,15,16). The van der Waals surface area contributed by atoms with Crippen LogP contribution >= 0.6 is 15.9 Å². The lowest BCUT2D eigenvalue weighted by Crippen LogP contribution is -2.17. The molecule has 2 rings (SSSR count). The van der Waals surface area contributed by atoms with Gasteiger partial charge in [0.25, 0.3) is 0 Å². The van der Waals surface area contributed by atoms with E-state index in [0.717, 1.165) is 17.3 Å². The summed E-state index contributed by atoms with van der Waals surface area (Å²) < 4.78 is 0.881. The van der Waals surface area contributed by atoms with Crippen LogP contribution in [0.25, 0.3) is 0 Å². The largest absolute Gasteiger partial charge is 0.478 e. The molecule has 0 aliphatic heterocycles. The number of carbonyl (C=O) groups is 1. The van der Waals surface area contributed by atoms with Crippen molar-refractivity contribution in [2.75, 3.05) is 5.32 Å². The fraction of sp³-hybridized carbons (Fsp3) is 0.250. The monoisotopic (exact) mass is 281 g/mol. The van der Waals surface area contributed by atoms with Crippen LogP contribution in [-0.4, -0.2) is 17.1 Å². The molecule has 0 unspecified atom stereocenters. The average molecular weight is 282 g/mol. The van der Waals surface area contributed by atoms with Crippen molar-refractivity contribution in [2.45, 2.75) is 18.9 Å². The molecular weight excluding hydrogens is 270 g/mol. The maximum absolute atomic E-state index is 11.0. The van der Waals surface area contributed by atoms with Crippen molar-refractivity contribution in [2.24, 2.45) is 0 Å². The van der Waals surface area contributed by atoms with Gasteiger partial charge < -0.3 is 10.4 Å². The van der Waals surface area contributed by atoms with E-state index in [1.165, 1.54) is 0 Å². The van der Waals surface area contributed by atoms with Crippen molar-refractivity contribution in [1.82, 2.24) is 0 Å². The molecule has 0 amide bonds. The van der Waals surface area contributed by atoms with Gasteiger partial charge in [-0.05, 0) is 31.0 Å². The molecule has 0 saturated carbocycles. The van der Waals surface area contributed by atoms with Gasteiger partial charge in [-0.2, -0.15) is 0 Å². The average Bonchev–Trinajstić information content (AvgIpc) is 2.70. The van der Waals surface area contributed by atoms with Crippen LogP contribution in [0.2, 0.25) is 0 Å². The number of carboxylic acid groups (broad SMARTS) is 1. The minimum absolute atomic E-state index is 0.312. The van der Waals surface area contributed by atoms with Crippen LogP contribution in [0, 0.1) is 0 Å². The molecule has 84 valence electrons. The SMILES string of the molecule is O=C(O)c1ccc(Br)cc1NC1CC=CC1. The minimum Gasteiger partial charge on any atom is -0.478 e. The van der Waals surface area contributed by atoms with E-state index >= 15 is 0 Å². The quantitative estimate of drug-likeness (QED) is 0.836. The lowest BCUT2D eigenvalue weighted by Gasteiger charge is -2.15. The summed E-state index contributed by atoms with van der Waals surface area (Å²) in [6, 6.07) is 5.47. The first-order valence-corrected chi connectivity index (χ1v) is 5.90. The lowest BCUT2D eigenvalue weighted by atomic mass is 10.1. The van der Waals surface area contributed by atoms with E-state index in [2.05, 4.69) is 33.4 Å². The van der Waals surface area contributed by atoms with Gasteiger partial charge in [0.2, 0.25) is 0 Å². The molecule has 1 aromatic rings. The molecule has 1 aromatic carbocycles. The Labute approximate surface area is 102 Å². The molecule has 0 saturated heterocycles. The topological polar surface area (TPSA) is 49.3 Å². The zero-order valence-electron chi connectivity index (χ0n) is 8.61. The summed E-state index contributed by atoms with van der Waals surface area (Å²) in [6.45, 7) is 0. The molecular formula is C12H12BrNO2. The van der Waals surface area contributed by atoms with Crippen molar-refractivity contribution in [1.29, 1.82) is 0 Å². The highest BCUT2D eigenvalue weighted by atomic mass is 79.9. The van der Waals surface area contributed by atoms with Crippen molar-refractivity contribution in [3.05, 3.63) is 40.4 Å². The number of aromatic carboxylic acids is 1. The second kappa shape index (κ2) is 4.70. The zero-order chi connectivity index (χ0) is 11.5. The van der Waals surface area contributed by atoms with Crippen LogP contribution < -0.4 is 5.32 Å². The van der Waals surface area contributed by atoms with Gasteiger partial charge in [0.1, 0.15) is 0 Å². The van der Waals surface area contributed by atoms with E-state index in [0.29, 0.717) is 17.3 Å². The normalized spacial score (nSPS) is 15.3. The lowest BCUT2D eigenvalue weighted by molar-refractivity contribution is 0.0698. The number of benzene rings is 1. The summed E-state index contributed by atoms with van der Waals surface area (Å²) in [4.78, 5) is 11.0. The first kappa shape index (κ1) is 11.2. The molecule has 2 N–H and O–H groups in total. The number of nitrogens with one attached hydrogen (secondary N) is 1. The third kappa shape index (κ3) is 2.44. The highest BCUT2D eigenvalue weighted by Crippen LogP contribution is 2.24.